The van der Waals surface area contributed by atoms with E-state index in [2.05, 4.69) is 123 Å². The van der Waals surface area contributed by atoms with Crippen LogP contribution >= 0.6 is 0 Å². The van der Waals surface area contributed by atoms with E-state index in [1.165, 1.54) is 22.3 Å². The summed E-state index contributed by atoms with van der Waals surface area (Å²) >= 11 is 0. The zero-order valence-corrected chi connectivity index (χ0v) is 19.3. The second-order valence-corrected chi connectivity index (χ2v) is 8.43. The Labute approximate surface area is 195 Å². The molecular weight excluding hydrogens is 400 g/mol. The molecule has 2 heteroatoms. The van der Waals surface area contributed by atoms with Crippen molar-refractivity contribution in [2.24, 2.45) is 7.05 Å². The zero-order chi connectivity index (χ0) is 22.8. The van der Waals surface area contributed by atoms with E-state index in [9.17, 15) is 0 Å². The van der Waals surface area contributed by atoms with Crippen LogP contribution in [0.4, 0.5) is 0 Å². The number of rotatable bonds is 4. The first-order valence-corrected chi connectivity index (χ1v) is 11.3. The molecule has 0 fully saturated rings. The van der Waals surface area contributed by atoms with Crippen molar-refractivity contribution in [3.63, 3.8) is 0 Å². The van der Waals surface area contributed by atoms with Gasteiger partial charge in [0, 0.05) is 18.1 Å². The highest BCUT2D eigenvalue weighted by Gasteiger charge is 2.26. The minimum atomic E-state index is 1.00. The number of hydrogen-bond acceptors (Lipinski definition) is 1. The van der Waals surface area contributed by atoms with Gasteiger partial charge in [-0.15, -0.1) is 0 Å². The normalized spacial score (nSPS) is 10.9. The van der Waals surface area contributed by atoms with Crippen molar-refractivity contribution in [2.45, 2.75) is 13.8 Å². The van der Waals surface area contributed by atoms with Gasteiger partial charge in [0.05, 0.1) is 5.56 Å². The third-order valence-corrected chi connectivity index (χ3v) is 6.34. The molecule has 5 aromatic rings. The van der Waals surface area contributed by atoms with Gasteiger partial charge in [0.25, 0.3) is 0 Å². The molecule has 0 aliphatic carbocycles. The summed E-state index contributed by atoms with van der Waals surface area (Å²) in [5, 5.41) is 0. The SMILES string of the molecule is Cc1ccccc1-c1c(-c2ccccc2)nc(-c2ccc(-c3ccccc3)cc2)c(C)[n+]1C. The molecule has 0 unspecified atom stereocenters. The number of aromatic nitrogens is 2. The van der Waals surface area contributed by atoms with Crippen molar-refractivity contribution in [1.29, 1.82) is 0 Å². The molecule has 1 heterocycles. The molecule has 33 heavy (non-hydrogen) atoms. The van der Waals surface area contributed by atoms with Crippen molar-refractivity contribution in [3.8, 4) is 44.9 Å². The van der Waals surface area contributed by atoms with Crippen molar-refractivity contribution in [2.75, 3.05) is 0 Å². The third kappa shape index (κ3) is 3.96. The van der Waals surface area contributed by atoms with E-state index in [1.807, 2.05) is 12.1 Å². The van der Waals surface area contributed by atoms with Gasteiger partial charge in [-0.1, -0.05) is 103 Å². The van der Waals surface area contributed by atoms with Crippen LogP contribution in [0, 0.1) is 13.8 Å². The maximum absolute atomic E-state index is 5.27. The van der Waals surface area contributed by atoms with Crippen LogP contribution in [0.25, 0.3) is 44.9 Å². The summed E-state index contributed by atoms with van der Waals surface area (Å²) in [6.45, 7) is 4.32. The standard InChI is InChI=1S/C31H27N2/c1-22-12-10-11-17-28(22)31-30(26-15-8-5-9-16-26)32-29(23(2)33(31)3)27-20-18-25(19-21-27)24-13-6-4-7-14-24/h4-21H,1-3H3/q+1. The summed E-state index contributed by atoms with van der Waals surface area (Å²) in [4.78, 5) is 5.27. The molecule has 0 spiro atoms. The van der Waals surface area contributed by atoms with Crippen LogP contribution in [0.15, 0.2) is 109 Å². The quantitative estimate of drug-likeness (QED) is 0.277. The molecule has 0 aliphatic heterocycles. The average molecular weight is 428 g/mol. The molecule has 1 aromatic heterocycles. The number of aryl methyl sites for hydroxylation is 1. The smallest absolute Gasteiger partial charge is 0.234 e. The minimum Gasteiger partial charge on any atom is -0.234 e. The first kappa shape index (κ1) is 20.8. The topological polar surface area (TPSA) is 16.8 Å². The molecule has 0 aliphatic rings. The van der Waals surface area contributed by atoms with Gasteiger partial charge in [0.2, 0.25) is 11.4 Å². The van der Waals surface area contributed by atoms with Crippen LogP contribution in [0.2, 0.25) is 0 Å². The molecule has 0 radical (unpaired) electrons. The summed E-state index contributed by atoms with van der Waals surface area (Å²) in [6.07, 6.45) is 0. The Morgan fingerprint density at radius 2 is 1.00 bits per heavy atom. The number of nitrogens with zero attached hydrogens (tertiary/aromatic N) is 2. The van der Waals surface area contributed by atoms with E-state index >= 15 is 0 Å². The molecule has 2 nitrogen and oxygen atoms in total. The average Bonchev–Trinajstić information content (AvgIpc) is 2.87. The highest BCUT2D eigenvalue weighted by atomic mass is 15.0. The minimum absolute atomic E-state index is 1.00. The van der Waals surface area contributed by atoms with Crippen molar-refractivity contribution >= 4 is 0 Å². The zero-order valence-electron chi connectivity index (χ0n) is 19.3. The molecule has 4 aromatic carbocycles. The first-order valence-electron chi connectivity index (χ1n) is 11.3. The fraction of sp³-hybridized carbons (Fsp3) is 0.0968. The van der Waals surface area contributed by atoms with E-state index in [-0.39, 0.29) is 0 Å². The van der Waals surface area contributed by atoms with Crippen molar-refractivity contribution < 1.29 is 4.57 Å². The maximum atomic E-state index is 5.27. The van der Waals surface area contributed by atoms with Crippen molar-refractivity contribution in [1.82, 2.24) is 4.98 Å². The molecule has 5 rings (SSSR count). The molecule has 0 atom stereocenters. The highest BCUT2D eigenvalue weighted by molar-refractivity contribution is 5.80. The van der Waals surface area contributed by atoms with E-state index < -0.39 is 0 Å². The molecule has 0 saturated carbocycles. The predicted molar refractivity (Wildman–Crippen MR) is 137 cm³/mol. The lowest BCUT2D eigenvalue weighted by Crippen LogP contribution is -2.37. The van der Waals surface area contributed by atoms with Gasteiger partial charge < -0.3 is 0 Å². The lowest BCUT2D eigenvalue weighted by atomic mass is 9.97. The van der Waals surface area contributed by atoms with Crippen molar-refractivity contribution in [3.05, 3.63) is 120 Å². The van der Waals surface area contributed by atoms with E-state index in [1.54, 1.807) is 0 Å². The molecule has 0 amide bonds. The summed E-state index contributed by atoms with van der Waals surface area (Å²) in [5.74, 6) is 0. The van der Waals surface area contributed by atoms with Crippen LogP contribution < -0.4 is 4.57 Å². The summed E-state index contributed by atoms with van der Waals surface area (Å²) in [7, 11) is 2.15. The highest BCUT2D eigenvalue weighted by Crippen LogP contribution is 2.33. The summed E-state index contributed by atoms with van der Waals surface area (Å²) in [6, 6.07) is 38.2. The number of hydrogen-bond donors (Lipinski definition) is 0. The van der Waals surface area contributed by atoms with Gasteiger partial charge in [-0.2, -0.15) is 4.57 Å². The van der Waals surface area contributed by atoms with Crippen LogP contribution in [-0.2, 0) is 7.05 Å². The molecule has 0 N–H and O–H groups in total. The van der Waals surface area contributed by atoms with Crippen LogP contribution in [0.3, 0.4) is 0 Å². The maximum Gasteiger partial charge on any atom is 0.239 e. The van der Waals surface area contributed by atoms with Gasteiger partial charge >= 0.3 is 0 Å². The Kier molecular flexibility index (Phi) is 5.58. The Hall–Kier alpha value is -4.04. The fourth-order valence-corrected chi connectivity index (χ4v) is 4.40. The molecule has 0 saturated heterocycles. The largest absolute Gasteiger partial charge is 0.239 e. The van der Waals surface area contributed by atoms with Crippen LogP contribution in [0.1, 0.15) is 11.3 Å². The second-order valence-electron chi connectivity index (χ2n) is 8.43. The first-order chi connectivity index (χ1) is 16.1. The van der Waals surface area contributed by atoms with Crippen LogP contribution in [-0.4, -0.2) is 4.98 Å². The Morgan fingerprint density at radius 3 is 1.64 bits per heavy atom. The Bertz CT molecular complexity index is 1400. The molecular formula is C31H27N2+. The Morgan fingerprint density at radius 1 is 0.515 bits per heavy atom. The third-order valence-electron chi connectivity index (χ3n) is 6.34. The van der Waals surface area contributed by atoms with Gasteiger partial charge in [-0.05, 0) is 29.7 Å². The van der Waals surface area contributed by atoms with E-state index in [4.69, 9.17) is 4.98 Å². The van der Waals surface area contributed by atoms with Gasteiger partial charge in [-0.3, -0.25) is 0 Å². The lowest BCUT2D eigenvalue weighted by molar-refractivity contribution is -0.666. The Balaban J connectivity index is 1.70. The van der Waals surface area contributed by atoms with Crippen LogP contribution in [0.5, 0.6) is 0 Å². The van der Waals surface area contributed by atoms with Gasteiger partial charge in [-0.25, -0.2) is 4.98 Å². The summed E-state index contributed by atoms with van der Waals surface area (Å²) in [5.41, 5.74) is 11.4. The lowest BCUT2D eigenvalue weighted by Gasteiger charge is -2.14. The predicted octanol–water partition coefficient (Wildman–Crippen LogP) is 7.19. The molecule has 160 valence electrons. The number of benzene rings is 4. The summed E-state index contributed by atoms with van der Waals surface area (Å²) < 4.78 is 2.29. The molecule has 0 bridgehead atoms. The van der Waals surface area contributed by atoms with E-state index in [0.29, 0.717) is 0 Å². The second kappa shape index (κ2) is 8.84. The van der Waals surface area contributed by atoms with E-state index in [0.717, 1.165) is 33.9 Å². The fourth-order valence-electron chi connectivity index (χ4n) is 4.40. The van der Waals surface area contributed by atoms with Gasteiger partial charge in [0.15, 0.2) is 0 Å². The van der Waals surface area contributed by atoms with Gasteiger partial charge in [0.1, 0.15) is 18.4 Å². The monoisotopic (exact) mass is 427 g/mol.